The number of anilines is 1. The van der Waals surface area contributed by atoms with E-state index in [1.165, 1.54) is 17.2 Å². The van der Waals surface area contributed by atoms with Gasteiger partial charge in [-0.25, -0.2) is 18.7 Å². The molecule has 2 saturated heterocycles. The predicted octanol–water partition coefficient (Wildman–Crippen LogP) is 2.48. The van der Waals surface area contributed by atoms with Crippen LogP contribution in [0.1, 0.15) is 34.9 Å². The number of nitrogens with zero attached hydrogens (tertiary/aromatic N) is 6. The van der Waals surface area contributed by atoms with Crippen molar-refractivity contribution in [1.82, 2.24) is 29.5 Å². The summed E-state index contributed by atoms with van der Waals surface area (Å²) >= 11 is 0. The molecule has 0 aliphatic carbocycles. The lowest BCUT2D eigenvalue weighted by Gasteiger charge is -2.38. The average molecular weight is 509 g/mol. The van der Waals surface area contributed by atoms with Crippen molar-refractivity contribution in [1.29, 1.82) is 0 Å². The highest BCUT2D eigenvalue weighted by Crippen LogP contribution is 2.36. The minimum atomic E-state index is -4.57. The van der Waals surface area contributed by atoms with Crippen LogP contribution in [0.4, 0.5) is 27.9 Å². The van der Waals surface area contributed by atoms with Crippen molar-refractivity contribution in [3.63, 3.8) is 0 Å². The number of halogens is 5. The van der Waals surface area contributed by atoms with Crippen LogP contribution in [0.25, 0.3) is 10.9 Å². The lowest BCUT2D eigenvalue weighted by molar-refractivity contribution is -0.183. The fraction of sp³-hybridized carbons (Fsp3) is 0.409. The standard InChI is InChI=1S/C22H20F5N7O2/c23-12-6-13(24)18-15(7-12)34(10-17(35)33-5-1-2-16(33)22(25,26)27)31-19(18)11-8-32(9-11)20(36)14-3-4-29-21(28)30-14/h3-4,6-7,11,16H,1-2,5,8-10H2,(H2,28,29,30)/t16-/m0/s1. The minimum absolute atomic E-state index is 0.0404. The Balaban J connectivity index is 1.40. The SMILES string of the molecule is Nc1nccc(C(=O)N2CC(c3nn(CC(=O)N4CCC[C@H]4C(F)(F)F)c4cc(F)cc(F)c34)C2)n1. The first-order valence-electron chi connectivity index (χ1n) is 11.1. The van der Waals surface area contributed by atoms with Crippen molar-refractivity contribution in [2.45, 2.75) is 37.5 Å². The number of alkyl halides is 3. The van der Waals surface area contributed by atoms with E-state index in [0.717, 1.165) is 15.6 Å². The largest absolute Gasteiger partial charge is 0.408 e. The third kappa shape index (κ3) is 4.20. The molecule has 0 saturated carbocycles. The third-order valence-electron chi connectivity index (χ3n) is 6.48. The van der Waals surface area contributed by atoms with Gasteiger partial charge in [-0.15, -0.1) is 0 Å². The lowest BCUT2D eigenvalue weighted by Crippen LogP contribution is -2.49. The first kappa shape index (κ1) is 23.9. The van der Waals surface area contributed by atoms with Gasteiger partial charge in [0.2, 0.25) is 11.9 Å². The van der Waals surface area contributed by atoms with E-state index < -0.39 is 48.1 Å². The van der Waals surface area contributed by atoms with E-state index >= 15 is 0 Å². The first-order chi connectivity index (χ1) is 17.0. The van der Waals surface area contributed by atoms with E-state index in [0.29, 0.717) is 6.07 Å². The maximum Gasteiger partial charge on any atom is 0.408 e. The number of nitrogens with two attached hydrogens (primary N) is 1. The maximum atomic E-state index is 14.8. The molecule has 5 rings (SSSR count). The summed E-state index contributed by atoms with van der Waals surface area (Å²) in [6.45, 7) is -0.392. The highest BCUT2D eigenvalue weighted by Gasteiger charge is 2.47. The number of aromatic nitrogens is 4. The Hall–Kier alpha value is -3.84. The summed E-state index contributed by atoms with van der Waals surface area (Å²) < 4.78 is 69.8. The molecule has 2 aliphatic rings. The molecule has 2 aromatic heterocycles. The molecule has 2 amide bonds. The molecule has 0 radical (unpaired) electrons. The number of benzene rings is 1. The molecule has 3 aromatic rings. The topological polar surface area (TPSA) is 110 Å². The normalized spacial score (nSPS) is 18.6. The van der Waals surface area contributed by atoms with Crippen LogP contribution >= 0.6 is 0 Å². The summed E-state index contributed by atoms with van der Waals surface area (Å²) in [6.07, 6.45) is -3.23. The van der Waals surface area contributed by atoms with Gasteiger partial charge in [-0.3, -0.25) is 14.3 Å². The quantitative estimate of drug-likeness (QED) is 0.542. The second-order valence-corrected chi connectivity index (χ2v) is 8.82. The third-order valence-corrected chi connectivity index (χ3v) is 6.48. The maximum absolute atomic E-state index is 14.8. The molecule has 0 unspecified atom stereocenters. The molecule has 2 N–H and O–H groups in total. The second kappa shape index (κ2) is 8.68. The lowest BCUT2D eigenvalue weighted by atomic mass is 9.93. The van der Waals surface area contributed by atoms with Crippen LogP contribution in [-0.2, 0) is 11.3 Å². The minimum Gasteiger partial charge on any atom is -0.368 e. The molecule has 0 bridgehead atoms. The predicted molar refractivity (Wildman–Crippen MR) is 116 cm³/mol. The zero-order chi connectivity index (χ0) is 25.8. The molecule has 36 heavy (non-hydrogen) atoms. The number of hydrogen-bond acceptors (Lipinski definition) is 6. The molecule has 1 atom stereocenters. The highest BCUT2D eigenvalue weighted by molar-refractivity contribution is 5.93. The molecule has 9 nitrogen and oxygen atoms in total. The van der Waals surface area contributed by atoms with Gasteiger partial charge in [-0.2, -0.15) is 18.3 Å². The van der Waals surface area contributed by atoms with E-state index in [1.54, 1.807) is 0 Å². The molecule has 0 spiro atoms. The number of nitrogen functional groups attached to an aromatic ring is 1. The Morgan fingerprint density at radius 1 is 1.17 bits per heavy atom. The average Bonchev–Trinajstić information content (AvgIpc) is 3.39. The Bertz CT molecular complexity index is 1350. The van der Waals surface area contributed by atoms with E-state index in [1.807, 2.05) is 0 Å². The Labute approximate surface area is 200 Å². The summed E-state index contributed by atoms with van der Waals surface area (Å²) in [7, 11) is 0. The van der Waals surface area contributed by atoms with Crippen molar-refractivity contribution in [3.05, 3.63) is 47.4 Å². The number of hydrogen-bond donors (Lipinski definition) is 1. The van der Waals surface area contributed by atoms with Gasteiger partial charge in [-0.05, 0) is 18.9 Å². The van der Waals surface area contributed by atoms with Crippen LogP contribution < -0.4 is 5.73 Å². The molecule has 1 aromatic carbocycles. The van der Waals surface area contributed by atoms with E-state index in [4.69, 9.17) is 5.73 Å². The van der Waals surface area contributed by atoms with E-state index in [-0.39, 0.29) is 60.7 Å². The van der Waals surface area contributed by atoms with Crippen LogP contribution in [-0.4, -0.2) is 73.2 Å². The van der Waals surface area contributed by atoms with Crippen molar-refractivity contribution >= 4 is 28.7 Å². The van der Waals surface area contributed by atoms with Crippen LogP contribution in [0.2, 0.25) is 0 Å². The van der Waals surface area contributed by atoms with Crippen molar-refractivity contribution in [2.24, 2.45) is 0 Å². The second-order valence-electron chi connectivity index (χ2n) is 8.82. The summed E-state index contributed by atoms with van der Waals surface area (Å²) in [4.78, 5) is 35.2. The van der Waals surface area contributed by atoms with Gasteiger partial charge in [0.25, 0.3) is 5.91 Å². The van der Waals surface area contributed by atoms with Gasteiger partial charge in [0.1, 0.15) is 29.9 Å². The van der Waals surface area contributed by atoms with Crippen LogP contribution in [0.5, 0.6) is 0 Å². The Morgan fingerprint density at radius 2 is 1.92 bits per heavy atom. The summed E-state index contributed by atoms with van der Waals surface area (Å²) in [5.74, 6) is -3.60. The van der Waals surface area contributed by atoms with Gasteiger partial charge >= 0.3 is 6.18 Å². The number of carbonyl (C=O) groups excluding carboxylic acids is 2. The molecular formula is C22H20F5N7O2. The molecule has 2 fully saturated rings. The summed E-state index contributed by atoms with van der Waals surface area (Å²) in [6, 6.07) is 1.15. The van der Waals surface area contributed by atoms with Gasteiger partial charge in [0, 0.05) is 43.9 Å². The molecule has 2 aliphatic heterocycles. The summed E-state index contributed by atoms with van der Waals surface area (Å²) in [5, 5.41) is 4.25. The fourth-order valence-electron chi connectivity index (χ4n) is 4.75. The van der Waals surface area contributed by atoms with Crippen LogP contribution in [0.3, 0.4) is 0 Å². The molecule has 14 heteroatoms. The van der Waals surface area contributed by atoms with Crippen molar-refractivity contribution < 1.29 is 31.5 Å². The number of likely N-dealkylation sites (tertiary alicyclic amines) is 2. The van der Waals surface area contributed by atoms with Gasteiger partial charge in [0.05, 0.1) is 16.6 Å². The number of fused-ring (bicyclic) bond motifs is 1. The zero-order valence-corrected chi connectivity index (χ0v) is 18.7. The van der Waals surface area contributed by atoms with Crippen LogP contribution in [0.15, 0.2) is 24.4 Å². The monoisotopic (exact) mass is 509 g/mol. The van der Waals surface area contributed by atoms with Gasteiger partial charge in [0.15, 0.2) is 0 Å². The zero-order valence-electron chi connectivity index (χ0n) is 18.7. The van der Waals surface area contributed by atoms with E-state index in [2.05, 4.69) is 15.1 Å². The van der Waals surface area contributed by atoms with Gasteiger partial charge < -0.3 is 15.5 Å². The Kier molecular flexibility index (Phi) is 5.75. The summed E-state index contributed by atoms with van der Waals surface area (Å²) in [5.41, 5.74) is 5.74. The highest BCUT2D eigenvalue weighted by atomic mass is 19.4. The number of amides is 2. The number of rotatable bonds is 4. The van der Waals surface area contributed by atoms with Crippen LogP contribution in [0, 0.1) is 11.6 Å². The van der Waals surface area contributed by atoms with Crippen molar-refractivity contribution in [3.8, 4) is 0 Å². The molecule has 4 heterocycles. The van der Waals surface area contributed by atoms with Gasteiger partial charge in [-0.1, -0.05) is 0 Å². The number of carbonyl (C=O) groups is 2. The molecular weight excluding hydrogens is 489 g/mol. The van der Waals surface area contributed by atoms with E-state index in [9.17, 15) is 31.5 Å². The van der Waals surface area contributed by atoms with Crippen molar-refractivity contribution in [2.75, 3.05) is 25.4 Å². The molecule has 190 valence electrons. The fourth-order valence-corrected chi connectivity index (χ4v) is 4.75. The Morgan fingerprint density at radius 3 is 2.61 bits per heavy atom. The smallest absolute Gasteiger partial charge is 0.368 e. The first-order valence-corrected chi connectivity index (χ1v) is 11.1.